The molecule has 0 saturated carbocycles. The van der Waals surface area contributed by atoms with Gasteiger partial charge in [-0.15, -0.1) is 0 Å². The second kappa shape index (κ2) is 6.75. The van der Waals surface area contributed by atoms with E-state index in [1.165, 1.54) is 6.21 Å². The van der Waals surface area contributed by atoms with Crippen molar-refractivity contribution in [3.8, 4) is 6.07 Å². The first-order valence-corrected chi connectivity index (χ1v) is 6.41. The van der Waals surface area contributed by atoms with Crippen molar-refractivity contribution >= 4 is 12.1 Å². The molecule has 0 saturated heterocycles. The molecule has 0 spiro atoms. The molecule has 0 aliphatic heterocycles. The Morgan fingerprint density at radius 1 is 1.17 bits per heavy atom. The first-order valence-electron chi connectivity index (χ1n) is 6.41. The molecular formula is C16H10F3N3O. The molecule has 2 aromatic carbocycles. The molecular weight excluding hydrogens is 307 g/mol. The highest BCUT2D eigenvalue weighted by atomic mass is 19.4. The fraction of sp³-hybridized carbons (Fsp3) is 0.0625. The number of hydrogen-bond donors (Lipinski definition) is 1. The monoisotopic (exact) mass is 317 g/mol. The maximum atomic E-state index is 12.4. The van der Waals surface area contributed by atoms with Gasteiger partial charge >= 0.3 is 6.18 Å². The third-order valence-corrected chi connectivity index (χ3v) is 2.87. The van der Waals surface area contributed by atoms with E-state index in [0.717, 1.165) is 24.3 Å². The van der Waals surface area contributed by atoms with Crippen LogP contribution in [0.1, 0.15) is 27.0 Å². The highest BCUT2D eigenvalue weighted by Crippen LogP contribution is 2.29. The molecule has 0 atom stereocenters. The predicted octanol–water partition coefficient (Wildman–Crippen LogP) is 3.34. The third-order valence-electron chi connectivity index (χ3n) is 2.87. The van der Waals surface area contributed by atoms with Crippen molar-refractivity contribution in [2.24, 2.45) is 5.10 Å². The summed E-state index contributed by atoms with van der Waals surface area (Å²) in [4.78, 5) is 11.8. The molecule has 0 aliphatic carbocycles. The second-order valence-electron chi connectivity index (χ2n) is 4.51. The summed E-state index contributed by atoms with van der Waals surface area (Å²) in [5, 5.41) is 12.5. The molecule has 116 valence electrons. The maximum Gasteiger partial charge on any atom is 0.416 e. The van der Waals surface area contributed by atoms with E-state index < -0.39 is 17.6 Å². The Labute approximate surface area is 129 Å². The molecule has 0 aliphatic rings. The van der Waals surface area contributed by atoms with Gasteiger partial charge in [0.15, 0.2) is 0 Å². The van der Waals surface area contributed by atoms with Crippen molar-refractivity contribution in [1.82, 2.24) is 5.43 Å². The van der Waals surface area contributed by atoms with Crippen LogP contribution in [0.2, 0.25) is 0 Å². The second-order valence-corrected chi connectivity index (χ2v) is 4.51. The average molecular weight is 317 g/mol. The van der Waals surface area contributed by atoms with Crippen LogP contribution >= 0.6 is 0 Å². The molecule has 0 bridgehead atoms. The molecule has 0 heterocycles. The Kier molecular flexibility index (Phi) is 4.76. The van der Waals surface area contributed by atoms with E-state index in [1.54, 1.807) is 24.3 Å². The van der Waals surface area contributed by atoms with Crippen LogP contribution in [0, 0.1) is 11.3 Å². The van der Waals surface area contributed by atoms with E-state index in [1.807, 2.05) is 6.07 Å². The quantitative estimate of drug-likeness (QED) is 0.697. The summed E-state index contributed by atoms with van der Waals surface area (Å²) < 4.78 is 37.3. The summed E-state index contributed by atoms with van der Waals surface area (Å²) in [5.74, 6) is -0.633. The zero-order valence-corrected chi connectivity index (χ0v) is 11.6. The van der Waals surface area contributed by atoms with Gasteiger partial charge in [-0.25, -0.2) is 5.43 Å². The summed E-state index contributed by atoms with van der Waals surface area (Å²) in [7, 11) is 0. The smallest absolute Gasteiger partial charge is 0.267 e. The van der Waals surface area contributed by atoms with Crippen molar-refractivity contribution < 1.29 is 18.0 Å². The largest absolute Gasteiger partial charge is 0.416 e. The van der Waals surface area contributed by atoms with Crippen LogP contribution in [0.3, 0.4) is 0 Å². The maximum absolute atomic E-state index is 12.4. The normalized spacial score (nSPS) is 11.2. The van der Waals surface area contributed by atoms with Crippen molar-refractivity contribution in [2.75, 3.05) is 0 Å². The van der Waals surface area contributed by atoms with Crippen molar-refractivity contribution in [2.45, 2.75) is 6.18 Å². The van der Waals surface area contributed by atoms with Crippen molar-refractivity contribution in [3.63, 3.8) is 0 Å². The standard InChI is InChI=1S/C16H10F3N3O/c17-16(18,19)14-6-4-13(5-7-14)15(23)22-21-10-12-3-1-2-11(8-12)9-20/h1-8,10H,(H,22,23)/b21-10+. The molecule has 0 unspecified atom stereocenters. The molecule has 0 radical (unpaired) electrons. The number of alkyl halides is 3. The van der Waals surface area contributed by atoms with Gasteiger partial charge < -0.3 is 0 Å². The Morgan fingerprint density at radius 3 is 2.48 bits per heavy atom. The van der Waals surface area contributed by atoms with E-state index in [9.17, 15) is 18.0 Å². The van der Waals surface area contributed by atoms with Gasteiger partial charge in [-0.05, 0) is 42.0 Å². The number of carbonyl (C=O) groups excluding carboxylic acids is 1. The number of hydrazone groups is 1. The molecule has 1 amide bonds. The molecule has 2 aromatic rings. The van der Waals surface area contributed by atoms with Crippen LogP contribution in [-0.4, -0.2) is 12.1 Å². The fourth-order valence-electron chi connectivity index (χ4n) is 1.73. The highest BCUT2D eigenvalue weighted by molar-refractivity contribution is 5.94. The van der Waals surface area contributed by atoms with E-state index in [4.69, 9.17) is 5.26 Å². The van der Waals surface area contributed by atoms with Gasteiger partial charge in [0, 0.05) is 5.56 Å². The lowest BCUT2D eigenvalue weighted by molar-refractivity contribution is -0.137. The van der Waals surface area contributed by atoms with Crippen LogP contribution < -0.4 is 5.43 Å². The van der Waals surface area contributed by atoms with Crippen LogP contribution in [-0.2, 0) is 6.18 Å². The number of nitrogens with zero attached hydrogens (tertiary/aromatic N) is 2. The first kappa shape index (κ1) is 16.2. The number of nitrogens with one attached hydrogen (secondary N) is 1. The number of halogens is 3. The van der Waals surface area contributed by atoms with Crippen LogP contribution in [0.15, 0.2) is 53.6 Å². The van der Waals surface area contributed by atoms with Crippen LogP contribution in [0.5, 0.6) is 0 Å². The number of carbonyl (C=O) groups is 1. The van der Waals surface area contributed by atoms with Gasteiger partial charge in [0.2, 0.25) is 0 Å². The Hall–Kier alpha value is -3.14. The van der Waals surface area contributed by atoms with Crippen molar-refractivity contribution in [3.05, 3.63) is 70.8 Å². The minimum atomic E-state index is -4.45. The van der Waals surface area contributed by atoms with Crippen LogP contribution in [0.4, 0.5) is 13.2 Å². The lowest BCUT2D eigenvalue weighted by atomic mass is 10.1. The predicted molar refractivity (Wildman–Crippen MR) is 77.7 cm³/mol. The van der Waals surface area contributed by atoms with Gasteiger partial charge in [0.25, 0.3) is 5.91 Å². The summed E-state index contributed by atoms with van der Waals surface area (Å²) in [6, 6.07) is 12.3. The Morgan fingerprint density at radius 2 is 1.87 bits per heavy atom. The minimum Gasteiger partial charge on any atom is -0.267 e. The van der Waals surface area contributed by atoms with Gasteiger partial charge in [-0.2, -0.15) is 23.5 Å². The first-order chi connectivity index (χ1) is 10.9. The third kappa shape index (κ3) is 4.41. The number of nitriles is 1. The van der Waals surface area contributed by atoms with Gasteiger partial charge in [-0.1, -0.05) is 12.1 Å². The molecule has 0 fully saturated rings. The summed E-state index contributed by atoms with van der Waals surface area (Å²) >= 11 is 0. The lowest BCUT2D eigenvalue weighted by Gasteiger charge is -2.06. The summed E-state index contributed by atoms with van der Waals surface area (Å²) in [6.45, 7) is 0. The summed E-state index contributed by atoms with van der Waals surface area (Å²) in [6.07, 6.45) is -3.11. The Bertz CT molecular complexity index is 774. The van der Waals surface area contributed by atoms with Gasteiger partial charge in [0.1, 0.15) is 0 Å². The lowest BCUT2D eigenvalue weighted by Crippen LogP contribution is -2.18. The van der Waals surface area contributed by atoms with Crippen molar-refractivity contribution in [1.29, 1.82) is 5.26 Å². The number of rotatable bonds is 3. The molecule has 1 N–H and O–H groups in total. The molecule has 2 rings (SSSR count). The highest BCUT2D eigenvalue weighted by Gasteiger charge is 2.30. The topological polar surface area (TPSA) is 65.2 Å². The molecule has 0 aromatic heterocycles. The molecule has 7 heteroatoms. The Balaban J connectivity index is 2.02. The molecule has 4 nitrogen and oxygen atoms in total. The van der Waals surface area contributed by atoms with E-state index in [0.29, 0.717) is 11.1 Å². The van der Waals surface area contributed by atoms with Gasteiger partial charge in [0.05, 0.1) is 23.4 Å². The van der Waals surface area contributed by atoms with E-state index in [2.05, 4.69) is 10.5 Å². The molecule has 23 heavy (non-hydrogen) atoms. The fourth-order valence-corrected chi connectivity index (χ4v) is 1.73. The zero-order valence-electron chi connectivity index (χ0n) is 11.6. The number of amides is 1. The number of benzene rings is 2. The number of hydrogen-bond acceptors (Lipinski definition) is 3. The van der Waals surface area contributed by atoms with E-state index >= 15 is 0 Å². The SMILES string of the molecule is N#Cc1cccc(/C=N/NC(=O)c2ccc(C(F)(F)F)cc2)c1. The van der Waals surface area contributed by atoms with Gasteiger partial charge in [-0.3, -0.25) is 4.79 Å². The average Bonchev–Trinajstić information content (AvgIpc) is 2.54. The van der Waals surface area contributed by atoms with E-state index in [-0.39, 0.29) is 5.56 Å². The van der Waals surface area contributed by atoms with Crippen LogP contribution in [0.25, 0.3) is 0 Å². The zero-order chi connectivity index (χ0) is 16.9. The minimum absolute atomic E-state index is 0.0564. The summed E-state index contributed by atoms with van der Waals surface area (Å²) in [5.41, 5.74) is 2.49.